The molecule has 2 atom stereocenters. The lowest BCUT2D eigenvalue weighted by atomic mass is 9.98. The van der Waals surface area contributed by atoms with Gasteiger partial charge in [-0.15, -0.1) is 11.3 Å². The van der Waals surface area contributed by atoms with Crippen molar-refractivity contribution in [3.63, 3.8) is 0 Å². The van der Waals surface area contributed by atoms with Crippen LogP contribution in [0.1, 0.15) is 57.0 Å². The van der Waals surface area contributed by atoms with Crippen molar-refractivity contribution in [2.24, 2.45) is 5.92 Å². The Labute approximate surface area is 213 Å². The molecule has 1 aliphatic heterocycles. The van der Waals surface area contributed by atoms with E-state index in [0.717, 1.165) is 30.0 Å². The number of fused-ring (bicyclic) bond motifs is 1. The van der Waals surface area contributed by atoms with Gasteiger partial charge < -0.3 is 15.4 Å². The van der Waals surface area contributed by atoms with Crippen molar-refractivity contribution in [1.82, 2.24) is 20.5 Å². The van der Waals surface area contributed by atoms with Crippen LogP contribution in [0.15, 0.2) is 30.4 Å². The van der Waals surface area contributed by atoms with Crippen molar-refractivity contribution in [3.8, 4) is 0 Å². The molecular weight excluding hydrogens is 460 g/mol. The lowest BCUT2D eigenvalue weighted by Crippen LogP contribution is -2.48. The Hall–Kier alpha value is -2.29. The zero-order chi connectivity index (χ0) is 25.4. The first-order valence-corrected chi connectivity index (χ1v) is 13.5. The number of carbonyl (C=O) groups excluding carboxylic acids is 2. The maximum atomic E-state index is 12.8. The van der Waals surface area contributed by atoms with Crippen LogP contribution in [0, 0.1) is 5.92 Å². The minimum Gasteiger partial charge on any atom is -0.379 e. The average Bonchev–Trinajstić information content (AvgIpc) is 3.27. The van der Waals surface area contributed by atoms with Crippen molar-refractivity contribution in [2.75, 3.05) is 39.4 Å². The normalized spacial score (nSPS) is 16.3. The Morgan fingerprint density at radius 1 is 1.23 bits per heavy atom. The van der Waals surface area contributed by atoms with E-state index >= 15 is 0 Å². The van der Waals surface area contributed by atoms with Gasteiger partial charge in [0.25, 0.3) is 0 Å². The standard InChI is InChI=1S/C27H40N4O3S/c1-6-19(4)23(16-28-27(33)20(5)17-31-11-13-34-14-12-31)29-25(32)9-10-26-30-22-8-7-21(18(2)3)15-24(22)35-26/h7-8,15,18-19,23H,5-6,9-14,16-17H2,1-4H3,(H,28,33)(H,29,32). The molecule has 192 valence electrons. The van der Waals surface area contributed by atoms with Crippen LogP contribution in [0.2, 0.25) is 0 Å². The first kappa shape index (κ1) is 27.3. The molecule has 2 aromatic rings. The Kier molecular flexibility index (Phi) is 10.2. The third kappa shape index (κ3) is 8.12. The molecule has 3 rings (SSSR count). The number of ether oxygens (including phenoxy) is 1. The lowest BCUT2D eigenvalue weighted by Gasteiger charge is -2.28. The monoisotopic (exact) mass is 500 g/mol. The van der Waals surface area contributed by atoms with E-state index in [0.29, 0.717) is 50.6 Å². The van der Waals surface area contributed by atoms with Crippen molar-refractivity contribution in [1.29, 1.82) is 0 Å². The number of nitrogens with one attached hydrogen (secondary N) is 2. The molecule has 1 saturated heterocycles. The minimum absolute atomic E-state index is 0.0150. The second kappa shape index (κ2) is 13.1. The second-order valence-corrected chi connectivity index (χ2v) is 10.9. The summed E-state index contributed by atoms with van der Waals surface area (Å²) in [4.78, 5) is 32.2. The topological polar surface area (TPSA) is 83.6 Å². The Morgan fingerprint density at radius 2 is 1.97 bits per heavy atom. The number of morpholine rings is 1. The Balaban J connectivity index is 1.49. The van der Waals surface area contributed by atoms with Gasteiger partial charge in [0.05, 0.1) is 28.4 Å². The van der Waals surface area contributed by atoms with Crippen LogP contribution < -0.4 is 10.6 Å². The number of hydrogen-bond donors (Lipinski definition) is 2. The summed E-state index contributed by atoms with van der Waals surface area (Å²) in [7, 11) is 0. The van der Waals surface area contributed by atoms with Crippen LogP contribution in [0.4, 0.5) is 0 Å². The molecule has 0 bridgehead atoms. The summed E-state index contributed by atoms with van der Waals surface area (Å²) in [5.74, 6) is 0.544. The van der Waals surface area contributed by atoms with Gasteiger partial charge in [-0.3, -0.25) is 14.5 Å². The SMILES string of the molecule is C=C(CN1CCOCC1)C(=O)NCC(NC(=O)CCc1nc2ccc(C(C)C)cc2s1)C(C)CC. The number of hydrogen-bond acceptors (Lipinski definition) is 6. The molecule has 1 aromatic carbocycles. The zero-order valence-corrected chi connectivity index (χ0v) is 22.4. The van der Waals surface area contributed by atoms with Gasteiger partial charge in [0.2, 0.25) is 11.8 Å². The van der Waals surface area contributed by atoms with E-state index in [1.807, 2.05) is 0 Å². The lowest BCUT2D eigenvalue weighted by molar-refractivity contribution is -0.123. The van der Waals surface area contributed by atoms with E-state index in [4.69, 9.17) is 9.72 Å². The molecule has 7 nitrogen and oxygen atoms in total. The molecule has 2 N–H and O–H groups in total. The molecule has 0 saturated carbocycles. The van der Waals surface area contributed by atoms with Gasteiger partial charge >= 0.3 is 0 Å². The summed E-state index contributed by atoms with van der Waals surface area (Å²) in [6.07, 6.45) is 1.89. The molecule has 1 aromatic heterocycles. The highest BCUT2D eigenvalue weighted by Gasteiger charge is 2.21. The first-order chi connectivity index (χ1) is 16.8. The highest BCUT2D eigenvalue weighted by molar-refractivity contribution is 7.18. The number of aryl methyl sites for hydroxylation is 1. The van der Waals surface area contributed by atoms with Crippen LogP contribution in [0.5, 0.6) is 0 Å². The van der Waals surface area contributed by atoms with Crippen molar-refractivity contribution in [2.45, 2.75) is 58.9 Å². The fourth-order valence-corrected chi connectivity index (χ4v) is 5.08. The Morgan fingerprint density at radius 3 is 2.66 bits per heavy atom. The smallest absolute Gasteiger partial charge is 0.247 e. The van der Waals surface area contributed by atoms with Crippen LogP contribution in [0.3, 0.4) is 0 Å². The molecule has 0 aliphatic carbocycles. The third-order valence-electron chi connectivity index (χ3n) is 6.69. The van der Waals surface area contributed by atoms with E-state index in [-0.39, 0.29) is 23.8 Å². The van der Waals surface area contributed by atoms with Gasteiger partial charge in [0.15, 0.2) is 0 Å². The average molecular weight is 501 g/mol. The van der Waals surface area contributed by atoms with E-state index in [1.54, 1.807) is 11.3 Å². The zero-order valence-electron chi connectivity index (χ0n) is 21.6. The molecule has 0 radical (unpaired) electrons. The summed E-state index contributed by atoms with van der Waals surface area (Å²) in [6.45, 7) is 16.4. The largest absolute Gasteiger partial charge is 0.379 e. The van der Waals surface area contributed by atoms with Gasteiger partial charge in [-0.05, 0) is 29.5 Å². The van der Waals surface area contributed by atoms with Crippen LogP contribution in [-0.4, -0.2) is 67.1 Å². The maximum absolute atomic E-state index is 12.8. The van der Waals surface area contributed by atoms with Crippen LogP contribution in [-0.2, 0) is 20.7 Å². The van der Waals surface area contributed by atoms with Crippen LogP contribution in [0.25, 0.3) is 10.2 Å². The number of carbonyl (C=O) groups is 2. The van der Waals surface area contributed by atoms with Gasteiger partial charge in [-0.1, -0.05) is 46.8 Å². The minimum atomic E-state index is -0.158. The highest BCUT2D eigenvalue weighted by Crippen LogP contribution is 2.27. The highest BCUT2D eigenvalue weighted by atomic mass is 32.1. The predicted molar refractivity (Wildman–Crippen MR) is 143 cm³/mol. The van der Waals surface area contributed by atoms with Gasteiger partial charge in [0.1, 0.15) is 0 Å². The first-order valence-electron chi connectivity index (χ1n) is 12.7. The second-order valence-electron chi connectivity index (χ2n) is 9.75. The van der Waals surface area contributed by atoms with E-state index in [1.165, 1.54) is 10.3 Å². The van der Waals surface area contributed by atoms with Gasteiger partial charge in [0, 0.05) is 50.6 Å². The molecule has 2 unspecified atom stereocenters. The summed E-state index contributed by atoms with van der Waals surface area (Å²) in [6, 6.07) is 6.27. The fourth-order valence-electron chi connectivity index (χ4n) is 4.06. The van der Waals surface area contributed by atoms with Crippen LogP contribution >= 0.6 is 11.3 Å². The summed E-state index contributed by atoms with van der Waals surface area (Å²) in [5, 5.41) is 7.09. The number of nitrogens with zero attached hydrogens (tertiary/aromatic N) is 2. The summed E-state index contributed by atoms with van der Waals surface area (Å²) >= 11 is 1.66. The molecular formula is C27H40N4O3S. The summed E-state index contributed by atoms with van der Waals surface area (Å²) in [5.41, 5.74) is 2.83. The molecule has 2 heterocycles. The predicted octanol–water partition coefficient (Wildman–Crippen LogP) is 3.89. The van der Waals surface area contributed by atoms with E-state index in [2.05, 4.69) is 68.0 Å². The molecule has 1 fully saturated rings. The van der Waals surface area contributed by atoms with Gasteiger partial charge in [-0.2, -0.15) is 0 Å². The number of rotatable bonds is 12. The molecule has 8 heteroatoms. The number of benzene rings is 1. The van der Waals surface area contributed by atoms with Crippen molar-refractivity contribution in [3.05, 3.63) is 40.9 Å². The van der Waals surface area contributed by atoms with E-state index in [9.17, 15) is 9.59 Å². The quantitative estimate of drug-likeness (QED) is 0.432. The third-order valence-corrected chi connectivity index (χ3v) is 7.77. The maximum Gasteiger partial charge on any atom is 0.247 e. The molecule has 1 aliphatic rings. The molecule has 35 heavy (non-hydrogen) atoms. The Bertz CT molecular complexity index is 1010. The number of amides is 2. The van der Waals surface area contributed by atoms with Crippen molar-refractivity contribution < 1.29 is 14.3 Å². The van der Waals surface area contributed by atoms with Crippen molar-refractivity contribution >= 4 is 33.4 Å². The van der Waals surface area contributed by atoms with Gasteiger partial charge in [-0.25, -0.2) is 4.98 Å². The fraction of sp³-hybridized carbons (Fsp3) is 0.593. The van der Waals surface area contributed by atoms with E-state index < -0.39 is 0 Å². The number of aromatic nitrogens is 1. The summed E-state index contributed by atoms with van der Waals surface area (Å²) < 4.78 is 6.53. The number of thiazole rings is 1. The molecule has 2 amide bonds. The molecule has 0 spiro atoms.